The monoisotopic (exact) mass is 470 g/mol. The molecule has 8 heteroatoms. The number of phenols is 1. The molecule has 0 atom stereocenters. The lowest BCUT2D eigenvalue weighted by molar-refractivity contribution is -0.113. The van der Waals surface area contributed by atoms with Gasteiger partial charge in [-0.1, -0.05) is 11.6 Å². The summed E-state index contributed by atoms with van der Waals surface area (Å²) in [6, 6.07) is 9.13. The van der Waals surface area contributed by atoms with Crippen molar-refractivity contribution in [3.63, 3.8) is 0 Å². The van der Waals surface area contributed by atoms with Gasteiger partial charge in [0.05, 0.1) is 14.6 Å². The third-order valence-corrected chi connectivity index (χ3v) is 4.77. The standard InChI is InChI=1S/C16H9Br2ClN2O3/c17-11-5-8(6-12(18)14(11)22)7-13-15(23)21(16(24)20-13)10-3-1-9(19)2-4-10/h1-7,22H,(H,20,24)/b13-7+. The van der Waals surface area contributed by atoms with Crippen LogP contribution in [0, 0.1) is 0 Å². The molecule has 2 aromatic rings. The van der Waals surface area contributed by atoms with Gasteiger partial charge in [-0.3, -0.25) is 4.79 Å². The van der Waals surface area contributed by atoms with Crippen LogP contribution in [-0.2, 0) is 4.79 Å². The zero-order valence-electron chi connectivity index (χ0n) is 11.9. The summed E-state index contributed by atoms with van der Waals surface area (Å²) in [5, 5.41) is 12.8. The number of phenolic OH excluding ortho intramolecular Hbond substituents is 1. The van der Waals surface area contributed by atoms with Gasteiger partial charge in [0.25, 0.3) is 5.91 Å². The molecule has 24 heavy (non-hydrogen) atoms. The molecule has 1 heterocycles. The Balaban J connectivity index is 1.95. The highest BCUT2D eigenvalue weighted by Gasteiger charge is 2.34. The number of rotatable bonds is 2. The van der Waals surface area contributed by atoms with Crippen molar-refractivity contribution < 1.29 is 14.7 Å². The van der Waals surface area contributed by atoms with Crippen molar-refractivity contribution in [2.24, 2.45) is 0 Å². The van der Waals surface area contributed by atoms with Crippen LogP contribution in [0.25, 0.3) is 6.08 Å². The molecule has 0 aromatic heterocycles. The normalized spacial score (nSPS) is 16.0. The van der Waals surface area contributed by atoms with E-state index in [-0.39, 0.29) is 11.4 Å². The highest BCUT2D eigenvalue weighted by Crippen LogP contribution is 2.34. The zero-order valence-corrected chi connectivity index (χ0v) is 15.8. The fraction of sp³-hybridized carbons (Fsp3) is 0. The van der Waals surface area contributed by atoms with Crippen LogP contribution in [0.4, 0.5) is 10.5 Å². The quantitative estimate of drug-likeness (QED) is 0.493. The second kappa shape index (κ2) is 6.58. The van der Waals surface area contributed by atoms with Crippen molar-refractivity contribution >= 4 is 67.2 Å². The van der Waals surface area contributed by atoms with E-state index in [0.29, 0.717) is 25.2 Å². The second-order valence-corrected chi connectivity index (χ2v) is 7.08. The summed E-state index contributed by atoms with van der Waals surface area (Å²) < 4.78 is 0.935. The summed E-state index contributed by atoms with van der Waals surface area (Å²) >= 11 is 12.3. The van der Waals surface area contributed by atoms with Crippen molar-refractivity contribution in [3.8, 4) is 5.75 Å². The molecular formula is C16H9Br2ClN2O3. The van der Waals surface area contributed by atoms with Crippen LogP contribution in [-0.4, -0.2) is 17.0 Å². The largest absolute Gasteiger partial charge is 0.506 e. The zero-order chi connectivity index (χ0) is 17.4. The minimum absolute atomic E-state index is 0.0572. The maximum absolute atomic E-state index is 12.5. The molecule has 122 valence electrons. The predicted octanol–water partition coefficient (Wildman–Crippen LogP) is 4.67. The number of imide groups is 1. The lowest BCUT2D eigenvalue weighted by atomic mass is 10.2. The maximum Gasteiger partial charge on any atom is 0.333 e. The Morgan fingerprint density at radius 1 is 1.08 bits per heavy atom. The lowest BCUT2D eigenvalue weighted by Crippen LogP contribution is -2.30. The van der Waals surface area contributed by atoms with Gasteiger partial charge < -0.3 is 10.4 Å². The third-order valence-electron chi connectivity index (χ3n) is 3.31. The van der Waals surface area contributed by atoms with E-state index in [0.717, 1.165) is 4.90 Å². The maximum atomic E-state index is 12.5. The van der Waals surface area contributed by atoms with E-state index in [4.69, 9.17) is 11.6 Å². The summed E-state index contributed by atoms with van der Waals surface area (Å²) in [4.78, 5) is 25.7. The molecular weight excluding hydrogens is 463 g/mol. The fourth-order valence-electron chi connectivity index (χ4n) is 2.19. The Morgan fingerprint density at radius 3 is 2.25 bits per heavy atom. The van der Waals surface area contributed by atoms with Gasteiger partial charge in [-0.05, 0) is 79.9 Å². The van der Waals surface area contributed by atoms with Gasteiger partial charge in [0.15, 0.2) is 0 Å². The first-order valence-electron chi connectivity index (χ1n) is 6.67. The van der Waals surface area contributed by atoms with Crippen LogP contribution >= 0.6 is 43.5 Å². The van der Waals surface area contributed by atoms with Gasteiger partial charge >= 0.3 is 6.03 Å². The molecule has 0 spiro atoms. The molecule has 1 aliphatic heterocycles. The number of carbonyl (C=O) groups excluding carboxylic acids is 2. The highest BCUT2D eigenvalue weighted by atomic mass is 79.9. The van der Waals surface area contributed by atoms with E-state index >= 15 is 0 Å². The van der Waals surface area contributed by atoms with E-state index in [1.807, 2.05) is 0 Å². The number of amides is 3. The van der Waals surface area contributed by atoms with Gasteiger partial charge in [0.2, 0.25) is 0 Å². The lowest BCUT2D eigenvalue weighted by Gasteiger charge is -2.11. The molecule has 5 nitrogen and oxygen atoms in total. The number of hydrogen-bond acceptors (Lipinski definition) is 3. The number of aromatic hydroxyl groups is 1. The number of nitrogens with one attached hydrogen (secondary N) is 1. The van der Waals surface area contributed by atoms with Gasteiger partial charge in [-0.25, -0.2) is 9.69 Å². The Labute approximate surface area is 159 Å². The smallest absolute Gasteiger partial charge is 0.333 e. The number of urea groups is 1. The van der Waals surface area contributed by atoms with Gasteiger partial charge in [-0.2, -0.15) is 0 Å². The topological polar surface area (TPSA) is 69.6 Å². The van der Waals surface area contributed by atoms with Crippen molar-refractivity contribution in [2.45, 2.75) is 0 Å². The number of anilines is 1. The fourth-order valence-corrected chi connectivity index (χ4v) is 3.54. The van der Waals surface area contributed by atoms with Crippen LogP contribution in [0.3, 0.4) is 0 Å². The molecule has 1 fully saturated rings. The Hall–Kier alpha value is -1.83. The minimum atomic E-state index is -0.537. The van der Waals surface area contributed by atoms with Crippen LogP contribution < -0.4 is 10.2 Å². The minimum Gasteiger partial charge on any atom is -0.506 e. The summed E-state index contributed by atoms with van der Waals surface area (Å²) in [6.45, 7) is 0. The molecule has 1 aliphatic rings. The molecule has 2 N–H and O–H groups in total. The first-order valence-corrected chi connectivity index (χ1v) is 8.64. The number of nitrogens with zero attached hydrogens (tertiary/aromatic N) is 1. The molecule has 0 unspecified atom stereocenters. The molecule has 0 bridgehead atoms. The van der Waals surface area contributed by atoms with E-state index in [1.54, 1.807) is 36.4 Å². The van der Waals surface area contributed by atoms with Crippen LogP contribution in [0.1, 0.15) is 5.56 Å². The second-order valence-electron chi connectivity index (χ2n) is 4.94. The molecule has 2 aromatic carbocycles. The van der Waals surface area contributed by atoms with E-state index < -0.39 is 11.9 Å². The molecule has 0 aliphatic carbocycles. The van der Waals surface area contributed by atoms with Crippen molar-refractivity contribution in [2.75, 3.05) is 4.90 Å². The number of halogens is 3. The van der Waals surface area contributed by atoms with Gasteiger partial charge in [-0.15, -0.1) is 0 Å². The van der Waals surface area contributed by atoms with Crippen LogP contribution in [0.5, 0.6) is 5.75 Å². The molecule has 1 saturated heterocycles. The molecule has 0 radical (unpaired) electrons. The van der Waals surface area contributed by atoms with Crippen LogP contribution in [0.2, 0.25) is 5.02 Å². The first kappa shape index (κ1) is 17.0. The Kier molecular flexibility index (Phi) is 4.67. The molecule has 3 rings (SSSR count). The SMILES string of the molecule is O=C1N/C(=C/c2cc(Br)c(O)c(Br)c2)C(=O)N1c1ccc(Cl)cc1. The van der Waals surface area contributed by atoms with Crippen molar-refractivity contribution in [3.05, 3.63) is 61.6 Å². The van der Waals surface area contributed by atoms with Crippen LogP contribution in [0.15, 0.2) is 51.0 Å². The number of carbonyl (C=O) groups is 2. The third kappa shape index (κ3) is 3.19. The van der Waals surface area contributed by atoms with Gasteiger partial charge in [0, 0.05) is 5.02 Å². The summed E-state index contributed by atoms with van der Waals surface area (Å²) in [5.41, 5.74) is 1.20. The van der Waals surface area contributed by atoms with Crippen molar-refractivity contribution in [1.29, 1.82) is 0 Å². The average molecular weight is 473 g/mol. The van der Waals surface area contributed by atoms with Gasteiger partial charge in [0.1, 0.15) is 11.4 Å². The predicted molar refractivity (Wildman–Crippen MR) is 99.0 cm³/mol. The highest BCUT2D eigenvalue weighted by molar-refractivity contribution is 9.11. The number of hydrogen-bond donors (Lipinski definition) is 2. The summed E-state index contributed by atoms with van der Waals surface area (Å²) in [7, 11) is 0. The van der Waals surface area contributed by atoms with E-state index in [9.17, 15) is 14.7 Å². The summed E-state index contributed by atoms with van der Waals surface area (Å²) in [5.74, 6) is -0.413. The Bertz CT molecular complexity index is 858. The molecule has 3 amide bonds. The first-order chi connectivity index (χ1) is 11.4. The Morgan fingerprint density at radius 2 is 1.67 bits per heavy atom. The van der Waals surface area contributed by atoms with E-state index in [2.05, 4.69) is 37.2 Å². The van der Waals surface area contributed by atoms with E-state index in [1.165, 1.54) is 6.08 Å². The number of benzene rings is 2. The van der Waals surface area contributed by atoms with Crippen molar-refractivity contribution in [1.82, 2.24) is 5.32 Å². The average Bonchev–Trinajstić information content (AvgIpc) is 2.80. The summed E-state index contributed by atoms with van der Waals surface area (Å²) in [6.07, 6.45) is 1.53. The molecule has 0 saturated carbocycles.